The van der Waals surface area contributed by atoms with Crippen molar-refractivity contribution in [3.8, 4) is 5.75 Å². The highest BCUT2D eigenvalue weighted by Gasteiger charge is 2.38. The zero-order valence-corrected chi connectivity index (χ0v) is 23.2. The highest BCUT2D eigenvalue weighted by atomic mass is 35.5. The van der Waals surface area contributed by atoms with Crippen molar-refractivity contribution in [2.24, 2.45) is 5.92 Å². The Kier molecular flexibility index (Phi) is 7.56. The van der Waals surface area contributed by atoms with Gasteiger partial charge in [-0.25, -0.2) is 13.2 Å². The second-order valence-corrected chi connectivity index (χ2v) is 12.9. The number of allylic oxidation sites excluding steroid dienone is 3. The van der Waals surface area contributed by atoms with Crippen LogP contribution in [0.1, 0.15) is 73.3 Å². The number of hydrogen-bond acceptors (Lipinski definition) is 6. The molecular formula is C27H27Cl2NO5S2. The number of fused-ring (bicyclic) bond motifs is 1. The quantitative estimate of drug-likeness (QED) is 0.372. The van der Waals surface area contributed by atoms with E-state index in [4.69, 9.17) is 39.8 Å². The molecule has 0 amide bonds. The second-order valence-electron chi connectivity index (χ2n) is 9.88. The van der Waals surface area contributed by atoms with E-state index in [0.29, 0.717) is 29.3 Å². The first-order valence-corrected chi connectivity index (χ1v) is 15.1. The Morgan fingerprint density at radius 1 is 1.11 bits per heavy atom. The lowest BCUT2D eigenvalue weighted by Crippen LogP contribution is -2.20. The van der Waals surface area contributed by atoms with Crippen molar-refractivity contribution in [2.45, 2.75) is 63.7 Å². The minimum Gasteiger partial charge on any atom is -0.507 e. The van der Waals surface area contributed by atoms with Gasteiger partial charge in [0, 0.05) is 39.9 Å². The van der Waals surface area contributed by atoms with Crippen molar-refractivity contribution in [3.63, 3.8) is 0 Å². The van der Waals surface area contributed by atoms with Crippen LogP contribution in [0.3, 0.4) is 0 Å². The van der Waals surface area contributed by atoms with Gasteiger partial charge in [-0.1, -0.05) is 60.4 Å². The predicted octanol–water partition coefficient (Wildman–Crippen LogP) is 6.63. The van der Waals surface area contributed by atoms with E-state index in [-0.39, 0.29) is 38.5 Å². The van der Waals surface area contributed by atoms with Gasteiger partial charge in [0.05, 0.1) is 10.6 Å². The summed E-state index contributed by atoms with van der Waals surface area (Å²) in [6, 6.07) is 6.88. The third kappa shape index (κ3) is 5.53. The third-order valence-corrected chi connectivity index (χ3v) is 9.82. The molecule has 0 spiro atoms. The monoisotopic (exact) mass is 579 g/mol. The van der Waals surface area contributed by atoms with Crippen LogP contribution in [-0.4, -0.2) is 18.4 Å². The van der Waals surface area contributed by atoms with Gasteiger partial charge in [0.25, 0.3) is 10.0 Å². The zero-order valence-electron chi connectivity index (χ0n) is 20.1. The van der Waals surface area contributed by atoms with Crippen LogP contribution in [0.4, 0.5) is 5.69 Å². The van der Waals surface area contributed by atoms with Crippen LogP contribution >= 0.6 is 35.4 Å². The molecule has 3 aliphatic carbocycles. The van der Waals surface area contributed by atoms with Gasteiger partial charge in [0.2, 0.25) is 0 Å². The molecule has 1 fully saturated rings. The first-order chi connectivity index (χ1) is 17.7. The maximum atomic E-state index is 13.2. The molecule has 1 aromatic carbocycles. The summed E-state index contributed by atoms with van der Waals surface area (Å²) in [6.45, 7) is 0. The second kappa shape index (κ2) is 10.6. The Labute approximate surface area is 231 Å². The van der Waals surface area contributed by atoms with Crippen LogP contribution in [0.2, 0.25) is 0 Å². The predicted molar refractivity (Wildman–Crippen MR) is 150 cm³/mol. The molecule has 0 aliphatic heterocycles. The molecule has 6 nitrogen and oxygen atoms in total. The average Bonchev–Trinajstić information content (AvgIpc) is 3.65. The van der Waals surface area contributed by atoms with Crippen molar-refractivity contribution in [2.75, 3.05) is 4.72 Å². The number of nitrogens with one attached hydrogen (secondary N) is 1. The normalized spacial score (nSPS) is 19.5. The molecule has 0 radical (unpaired) electrons. The highest BCUT2D eigenvalue weighted by molar-refractivity contribution is 7.97. The molecule has 3 aliphatic rings. The summed E-state index contributed by atoms with van der Waals surface area (Å²) < 4.78 is 34.7. The molecule has 1 unspecified atom stereocenters. The van der Waals surface area contributed by atoms with E-state index in [0.717, 1.165) is 49.7 Å². The first kappa shape index (κ1) is 26.5. The van der Waals surface area contributed by atoms with E-state index >= 15 is 0 Å². The van der Waals surface area contributed by atoms with Crippen LogP contribution < -0.4 is 10.3 Å². The number of halogens is 2. The molecule has 1 atom stereocenters. The number of rotatable bonds is 6. The smallest absolute Gasteiger partial charge is 0.343 e. The summed E-state index contributed by atoms with van der Waals surface area (Å²) in [5, 5.41) is 11.6. The number of aryl methyl sites for hydroxylation is 1. The lowest BCUT2D eigenvalue weighted by atomic mass is 9.85. The SMILES string of the molecule is O=c1oc2c(c(O)c1C(c1cccc(NS(=O)(=O)C3=C(Cl)C(=S)CC(Cl)=C3)c1)C1CC1)CCCCCC2. The Hall–Kier alpha value is -2.13. The topological polar surface area (TPSA) is 96.6 Å². The molecule has 2 N–H and O–H groups in total. The van der Waals surface area contributed by atoms with Crippen molar-refractivity contribution >= 4 is 56.0 Å². The minimum atomic E-state index is -4.08. The van der Waals surface area contributed by atoms with Gasteiger partial charge < -0.3 is 9.52 Å². The van der Waals surface area contributed by atoms with Gasteiger partial charge >= 0.3 is 5.63 Å². The molecule has 196 valence electrons. The standard InChI is InChI=1S/C27H27Cl2NO5S2/c28-17-13-21(36)25(29)22(14-17)37(33,34)30-18-7-5-6-16(12-18)23(15-10-11-15)24-26(31)19-8-3-1-2-4-9-20(19)35-27(24)32/h5-7,12,14-15,23,30-31H,1-4,8-11,13H2. The number of benzene rings is 1. The molecule has 5 rings (SSSR count). The summed E-state index contributed by atoms with van der Waals surface area (Å²) in [5.74, 6) is 0.366. The van der Waals surface area contributed by atoms with Gasteiger partial charge in [0.15, 0.2) is 0 Å². The largest absolute Gasteiger partial charge is 0.507 e. The molecular weight excluding hydrogens is 553 g/mol. The number of anilines is 1. The Morgan fingerprint density at radius 3 is 2.57 bits per heavy atom. The fourth-order valence-corrected chi connectivity index (χ4v) is 7.57. The summed E-state index contributed by atoms with van der Waals surface area (Å²) in [4.78, 5) is 13.3. The van der Waals surface area contributed by atoms with Crippen molar-refractivity contribution < 1.29 is 17.9 Å². The van der Waals surface area contributed by atoms with Crippen molar-refractivity contribution in [1.29, 1.82) is 0 Å². The molecule has 1 aromatic heterocycles. The van der Waals surface area contributed by atoms with Gasteiger partial charge in [-0.3, -0.25) is 4.72 Å². The average molecular weight is 581 g/mol. The van der Waals surface area contributed by atoms with Crippen molar-refractivity contribution in [1.82, 2.24) is 0 Å². The molecule has 10 heteroatoms. The third-order valence-electron chi connectivity index (χ3n) is 7.16. The Morgan fingerprint density at radius 2 is 1.84 bits per heavy atom. The van der Waals surface area contributed by atoms with E-state index < -0.39 is 21.6 Å². The molecule has 2 aromatic rings. The maximum absolute atomic E-state index is 13.2. The van der Waals surface area contributed by atoms with E-state index in [1.54, 1.807) is 18.2 Å². The summed E-state index contributed by atoms with van der Waals surface area (Å²) >= 11 is 17.5. The number of sulfonamides is 1. The minimum absolute atomic E-state index is 0.0257. The first-order valence-electron chi connectivity index (χ1n) is 12.4. The van der Waals surface area contributed by atoms with Gasteiger partial charge in [-0.15, -0.1) is 0 Å². The molecule has 37 heavy (non-hydrogen) atoms. The Bertz CT molecular complexity index is 1490. The van der Waals surface area contributed by atoms with Crippen LogP contribution in [-0.2, 0) is 22.9 Å². The van der Waals surface area contributed by atoms with E-state index in [1.165, 1.54) is 6.08 Å². The molecule has 0 saturated heterocycles. The van der Waals surface area contributed by atoms with E-state index in [2.05, 4.69) is 4.72 Å². The van der Waals surface area contributed by atoms with E-state index in [9.17, 15) is 18.3 Å². The number of thiocarbonyl (C=S) groups is 1. The van der Waals surface area contributed by atoms with Gasteiger partial charge in [-0.05, 0) is 61.8 Å². The number of hydrogen-bond donors (Lipinski definition) is 2. The lowest BCUT2D eigenvalue weighted by Gasteiger charge is -2.22. The molecule has 1 saturated carbocycles. The molecule has 0 bridgehead atoms. The Balaban J connectivity index is 1.52. The number of aromatic hydroxyl groups is 1. The summed E-state index contributed by atoms with van der Waals surface area (Å²) in [7, 11) is -4.08. The van der Waals surface area contributed by atoms with E-state index in [1.807, 2.05) is 6.07 Å². The zero-order chi connectivity index (χ0) is 26.3. The fraction of sp³-hybridized carbons (Fsp3) is 0.407. The van der Waals surface area contributed by atoms with Crippen LogP contribution in [0, 0.1) is 5.92 Å². The maximum Gasteiger partial charge on any atom is 0.343 e. The molecule has 1 heterocycles. The fourth-order valence-electron chi connectivity index (χ4n) is 5.23. The van der Waals surface area contributed by atoms with Gasteiger partial charge in [0.1, 0.15) is 16.4 Å². The highest BCUT2D eigenvalue weighted by Crippen LogP contribution is 2.49. The van der Waals surface area contributed by atoms with Gasteiger partial charge in [-0.2, -0.15) is 0 Å². The van der Waals surface area contributed by atoms with Crippen molar-refractivity contribution in [3.05, 3.63) is 78.2 Å². The summed E-state index contributed by atoms with van der Waals surface area (Å²) in [6.07, 6.45) is 8.66. The van der Waals surface area contributed by atoms with Crippen LogP contribution in [0.5, 0.6) is 5.75 Å². The van der Waals surface area contributed by atoms with Crippen LogP contribution in [0.25, 0.3) is 0 Å². The lowest BCUT2D eigenvalue weighted by molar-refractivity contribution is 0.382. The van der Waals surface area contributed by atoms with Crippen LogP contribution in [0.15, 0.2) is 54.5 Å². The summed E-state index contributed by atoms with van der Waals surface area (Å²) in [5.41, 5.74) is 1.50.